The molecule has 0 spiro atoms. The smallest absolute Gasteiger partial charge is 0.0604 e. The Bertz CT molecular complexity index is 87.1. The average molecular weight is 130 g/mol. The number of hydrogen-bond donors (Lipinski definition) is 3. The number of aliphatic hydroxyl groups is 1. The summed E-state index contributed by atoms with van der Waals surface area (Å²) in [7, 11) is 0. The second-order valence-corrected chi connectivity index (χ2v) is 2.56. The van der Waals surface area contributed by atoms with Crippen LogP contribution < -0.4 is 11.1 Å². The number of piperidine rings is 1. The van der Waals surface area contributed by atoms with Gasteiger partial charge in [-0.25, -0.2) is 0 Å². The molecule has 1 rings (SSSR count). The van der Waals surface area contributed by atoms with Crippen molar-refractivity contribution in [1.82, 2.24) is 5.32 Å². The lowest BCUT2D eigenvalue weighted by molar-refractivity contribution is 0.0833. The van der Waals surface area contributed by atoms with Crippen molar-refractivity contribution in [3.8, 4) is 0 Å². The maximum absolute atomic E-state index is 9.25. The van der Waals surface area contributed by atoms with E-state index in [2.05, 4.69) is 5.32 Å². The highest BCUT2D eigenvalue weighted by Gasteiger charge is 2.20. The summed E-state index contributed by atoms with van der Waals surface area (Å²) in [4.78, 5) is 0. The SMILES string of the molecule is NCC1CNCCC1O. The van der Waals surface area contributed by atoms with Crippen molar-refractivity contribution in [3.63, 3.8) is 0 Å². The molecule has 54 valence electrons. The van der Waals surface area contributed by atoms with Crippen LogP contribution in [0.2, 0.25) is 0 Å². The molecule has 1 heterocycles. The van der Waals surface area contributed by atoms with Crippen molar-refractivity contribution in [3.05, 3.63) is 0 Å². The van der Waals surface area contributed by atoms with Crippen molar-refractivity contribution in [2.75, 3.05) is 19.6 Å². The Morgan fingerprint density at radius 3 is 2.89 bits per heavy atom. The highest BCUT2D eigenvalue weighted by atomic mass is 16.3. The Morgan fingerprint density at radius 1 is 1.67 bits per heavy atom. The monoisotopic (exact) mass is 130 g/mol. The fourth-order valence-electron chi connectivity index (χ4n) is 1.15. The summed E-state index contributed by atoms with van der Waals surface area (Å²) >= 11 is 0. The summed E-state index contributed by atoms with van der Waals surface area (Å²) in [6, 6.07) is 0. The molecule has 1 saturated heterocycles. The molecule has 0 aromatic heterocycles. The normalized spacial score (nSPS) is 36.7. The van der Waals surface area contributed by atoms with E-state index < -0.39 is 0 Å². The van der Waals surface area contributed by atoms with E-state index in [1.54, 1.807) is 0 Å². The molecule has 1 fully saturated rings. The zero-order valence-corrected chi connectivity index (χ0v) is 5.51. The van der Waals surface area contributed by atoms with Gasteiger partial charge in [0.05, 0.1) is 6.10 Å². The number of hydrogen-bond acceptors (Lipinski definition) is 3. The van der Waals surface area contributed by atoms with Gasteiger partial charge in [-0.05, 0) is 19.5 Å². The lowest BCUT2D eigenvalue weighted by Gasteiger charge is -2.26. The van der Waals surface area contributed by atoms with Crippen LogP contribution in [0.4, 0.5) is 0 Å². The lowest BCUT2D eigenvalue weighted by atomic mass is 9.97. The van der Waals surface area contributed by atoms with E-state index >= 15 is 0 Å². The van der Waals surface area contributed by atoms with Crippen LogP contribution in [-0.4, -0.2) is 30.8 Å². The van der Waals surface area contributed by atoms with Crippen LogP contribution in [0, 0.1) is 5.92 Å². The molecule has 0 saturated carbocycles. The first-order chi connectivity index (χ1) is 4.34. The van der Waals surface area contributed by atoms with Gasteiger partial charge in [-0.15, -0.1) is 0 Å². The number of rotatable bonds is 1. The second-order valence-electron chi connectivity index (χ2n) is 2.56. The van der Waals surface area contributed by atoms with Crippen molar-refractivity contribution in [1.29, 1.82) is 0 Å². The first-order valence-electron chi connectivity index (χ1n) is 3.43. The molecule has 0 aromatic rings. The van der Waals surface area contributed by atoms with E-state index in [9.17, 15) is 5.11 Å². The molecule has 0 aliphatic carbocycles. The Balaban J connectivity index is 2.30. The van der Waals surface area contributed by atoms with Gasteiger partial charge in [0.2, 0.25) is 0 Å². The molecule has 9 heavy (non-hydrogen) atoms. The van der Waals surface area contributed by atoms with Crippen molar-refractivity contribution < 1.29 is 5.11 Å². The lowest BCUT2D eigenvalue weighted by Crippen LogP contribution is -2.43. The van der Waals surface area contributed by atoms with E-state index in [-0.39, 0.29) is 12.0 Å². The summed E-state index contributed by atoms with van der Waals surface area (Å²) < 4.78 is 0. The van der Waals surface area contributed by atoms with Gasteiger partial charge < -0.3 is 16.2 Å². The first-order valence-corrected chi connectivity index (χ1v) is 3.43. The van der Waals surface area contributed by atoms with Gasteiger partial charge in [0.1, 0.15) is 0 Å². The Labute approximate surface area is 55.2 Å². The third-order valence-corrected chi connectivity index (χ3v) is 1.87. The molecule has 0 radical (unpaired) electrons. The Morgan fingerprint density at radius 2 is 2.44 bits per heavy atom. The molecule has 3 nitrogen and oxygen atoms in total. The second kappa shape index (κ2) is 3.15. The predicted octanol–water partition coefficient (Wildman–Crippen LogP) is -1.08. The van der Waals surface area contributed by atoms with E-state index in [1.807, 2.05) is 0 Å². The van der Waals surface area contributed by atoms with Crippen LogP contribution in [0.5, 0.6) is 0 Å². The summed E-state index contributed by atoms with van der Waals surface area (Å²) in [6.07, 6.45) is 0.679. The van der Waals surface area contributed by atoms with Crippen LogP contribution >= 0.6 is 0 Å². The van der Waals surface area contributed by atoms with Crippen LogP contribution in [0.1, 0.15) is 6.42 Å². The molecular formula is C6H14N2O. The molecule has 0 amide bonds. The number of nitrogens with two attached hydrogens (primary N) is 1. The van der Waals surface area contributed by atoms with Gasteiger partial charge in [0.15, 0.2) is 0 Å². The van der Waals surface area contributed by atoms with Gasteiger partial charge in [0, 0.05) is 12.5 Å². The minimum atomic E-state index is -0.170. The summed E-state index contributed by atoms with van der Waals surface area (Å²) in [5.74, 6) is 0.277. The van der Waals surface area contributed by atoms with Gasteiger partial charge in [0.25, 0.3) is 0 Å². The van der Waals surface area contributed by atoms with E-state index in [0.29, 0.717) is 6.54 Å². The van der Waals surface area contributed by atoms with Crippen LogP contribution in [0.25, 0.3) is 0 Å². The van der Waals surface area contributed by atoms with Gasteiger partial charge in [-0.2, -0.15) is 0 Å². The topological polar surface area (TPSA) is 58.3 Å². The summed E-state index contributed by atoms with van der Waals surface area (Å²) in [5.41, 5.74) is 5.39. The molecule has 2 unspecified atom stereocenters. The van der Waals surface area contributed by atoms with Crippen LogP contribution in [-0.2, 0) is 0 Å². The minimum absolute atomic E-state index is 0.170. The standard InChI is InChI=1S/C6H14N2O/c7-3-5-4-8-2-1-6(5)9/h5-6,8-9H,1-4,7H2. The maximum Gasteiger partial charge on any atom is 0.0604 e. The molecule has 2 atom stereocenters. The van der Waals surface area contributed by atoms with Crippen molar-refractivity contribution >= 4 is 0 Å². The molecule has 0 aromatic carbocycles. The molecule has 1 aliphatic rings. The fraction of sp³-hybridized carbons (Fsp3) is 1.00. The third-order valence-electron chi connectivity index (χ3n) is 1.87. The first kappa shape index (κ1) is 6.99. The maximum atomic E-state index is 9.25. The summed E-state index contributed by atoms with van der Waals surface area (Å²) in [6.45, 7) is 2.39. The third kappa shape index (κ3) is 1.64. The van der Waals surface area contributed by atoms with Gasteiger partial charge in [-0.3, -0.25) is 0 Å². The average Bonchev–Trinajstić information content (AvgIpc) is 1.89. The molecule has 3 heteroatoms. The Hall–Kier alpha value is -0.120. The van der Waals surface area contributed by atoms with Gasteiger partial charge >= 0.3 is 0 Å². The van der Waals surface area contributed by atoms with E-state index in [0.717, 1.165) is 19.5 Å². The molecular weight excluding hydrogens is 116 g/mol. The quantitative estimate of drug-likeness (QED) is 0.423. The van der Waals surface area contributed by atoms with Crippen LogP contribution in [0.15, 0.2) is 0 Å². The zero-order valence-electron chi connectivity index (χ0n) is 5.51. The van der Waals surface area contributed by atoms with Crippen molar-refractivity contribution in [2.24, 2.45) is 11.7 Å². The number of aliphatic hydroxyl groups excluding tert-OH is 1. The fourth-order valence-corrected chi connectivity index (χ4v) is 1.15. The van der Waals surface area contributed by atoms with Gasteiger partial charge in [-0.1, -0.05) is 0 Å². The van der Waals surface area contributed by atoms with Crippen LogP contribution in [0.3, 0.4) is 0 Å². The zero-order chi connectivity index (χ0) is 6.69. The van der Waals surface area contributed by atoms with E-state index in [1.165, 1.54) is 0 Å². The number of nitrogens with one attached hydrogen (secondary N) is 1. The molecule has 1 aliphatic heterocycles. The highest BCUT2D eigenvalue weighted by molar-refractivity contribution is 4.77. The van der Waals surface area contributed by atoms with E-state index in [4.69, 9.17) is 5.73 Å². The largest absolute Gasteiger partial charge is 0.393 e. The molecule has 0 bridgehead atoms. The molecule has 4 N–H and O–H groups in total. The Kier molecular flexibility index (Phi) is 2.45. The summed E-state index contributed by atoms with van der Waals surface area (Å²) in [5, 5.41) is 12.4. The van der Waals surface area contributed by atoms with Crippen molar-refractivity contribution in [2.45, 2.75) is 12.5 Å². The predicted molar refractivity (Wildman–Crippen MR) is 36.0 cm³/mol. The highest BCUT2D eigenvalue weighted by Crippen LogP contribution is 2.08. The minimum Gasteiger partial charge on any atom is -0.393 e.